The first-order chi connectivity index (χ1) is 13.0. The van der Waals surface area contributed by atoms with E-state index in [0.29, 0.717) is 26.2 Å². The number of nitrogens with zero attached hydrogens (tertiary/aromatic N) is 3. The van der Waals surface area contributed by atoms with Gasteiger partial charge >= 0.3 is 0 Å². The molecular weight excluding hydrogens is 344 g/mol. The number of fused-ring (bicyclic) bond motifs is 1. The molecule has 0 aliphatic carbocycles. The first-order valence-corrected chi connectivity index (χ1v) is 9.58. The molecule has 1 spiro atoms. The zero-order chi connectivity index (χ0) is 18.9. The lowest BCUT2D eigenvalue weighted by atomic mass is 9.82. The third kappa shape index (κ3) is 3.83. The Bertz CT molecular complexity index is 826. The van der Waals surface area contributed by atoms with Crippen molar-refractivity contribution in [3.63, 3.8) is 0 Å². The van der Waals surface area contributed by atoms with Crippen molar-refractivity contribution >= 4 is 5.91 Å². The van der Waals surface area contributed by atoms with Gasteiger partial charge in [0.2, 0.25) is 5.91 Å². The predicted octanol–water partition coefficient (Wildman–Crippen LogP) is 2.47. The Kier molecular flexibility index (Phi) is 4.86. The number of ether oxygens (including phenoxy) is 2. The number of para-hydroxylation sites is 1. The molecule has 2 aromatic rings. The van der Waals surface area contributed by atoms with Gasteiger partial charge in [-0.15, -0.1) is 0 Å². The summed E-state index contributed by atoms with van der Waals surface area (Å²) >= 11 is 0. The molecule has 2 aliphatic rings. The Balaban J connectivity index is 1.46. The van der Waals surface area contributed by atoms with Crippen molar-refractivity contribution in [2.45, 2.75) is 57.7 Å². The number of nitrogens with one attached hydrogen (secondary N) is 1. The number of aryl methyl sites for hydroxylation is 3. The van der Waals surface area contributed by atoms with Gasteiger partial charge in [-0.2, -0.15) is 5.10 Å². The molecule has 0 radical (unpaired) electrons. The van der Waals surface area contributed by atoms with Crippen LogP contribution in [0.4, 0.5) is 0 Å². The maximum absolute atomic E-state index is 12.6. The van der Waals surface area contributed by atoms with Crippen molar-refractivity contribution in [1.29, 1.82) is 0 Å². The Hall–Kier alpha value is -2.41. The molecule has 1 amide bonds. The van der Waals surface area contributed by atoms with Gasteiger partial charge in [-0.05, 0) is 19.9 Å². The minimum atomic E-state index is -0.246. The van der Waals surface area contributed by atoms with E-state index in [4.69, 9.17) is 9.47 Å². The molecule has 144 valence electrons. The molecule has 1 atom stereocenters. The van der Waals surface area contributed by atoms with Crippen LogP contribution in [0.2, 0.25) is 0 Å². The summed E-state index contributed by atoms with van der Waals surface area (Å²) in [6, 6.07) is 7.96. The fraction of sp³-hybridized carbons (Fsp3) is 0.550. The van der Waals surface area contributed by atoms with Crippen LogP contribution in [0.5, 0.6) is 5.75 Å². The summed E-state index contributed by atoms with van der Waals surface area (Å²) in [6.45, 7) is 5.70. The predicted molar refractivity (Wildman–Crippen MR) is 99.5 cm³/mol. The molecule has 4 rings (SSSR count). The zero-order valence-corrected chi connectivity index (χ0v) is 15.9. The van der Waals surface area contributed by atoms with E-state index < -0.39 is 0 Å². The van der Waals surface area contributed by atoms with E-state index in [0.717, 1.165) is 42.2 Å². The number of amides is 1. The van der Waals surface area contributed by atoms with E-state index in [-0.39, 0.29) is 17.6 Å². The summed E-state index contributed by atoms with van der Waals surface area (Å²) in [6.07, 6.45) is 2.86. The average Bonchev–Trinajstić information content (AvgIpc) is 2.98. The number of hydrogen-bond donors (Lipinski definition) is 1. The Morgan fingerprint density at radius 2 is 2.07 bits per heavy atom. The van der Waals surface area contributed by atoms with Crippen LogP contribution in [-0.4, -0.2) is 39.5 Å². The lowest BCUT2D eigenvalue weighted by molar-refractivity contribution is -0.123. The van der Waals surface area contributed by atoms with Gasteiger partial charge in [0, 0.05) is 31.2 Å². The quantitative estimate of drug-likeness (QED) is 0.895. The van der Waals surface area contributed by atoms with Gasteiger partial charge in [-0.1, -0.05) is 18.2 Å². The number of hydrogen-bond acceptors (Lipinski definition) is 5. The second kappa shape index (κ2) is 7.31. The molecule has 27 heavy (non-hydrogen) atoms. The van der Waals surface area contributed by atoms with Crippen molar-refractivity contribution in [2.75, 3.05) is 13.2 Å². The maximum Gasteiger partial charge on any atom is 0.222 e. The normalized spacial score (nSPS) is 20.7. The van der Waals surface area contributed by atoms with Crippen molar-refractivity contribution in [2.24, 2.45) is 0 Å². The largest absolute Gasteiger partial charge is 0.487 e. The van der Waals surface area contributed by atoms with Crippen LogP contribution >= 0.6 is 0 Å². The molecule has 3 heterocycles. The van der Waals surface area contributed by atoms with E-state index in [2.05, 4.69) is 15.4 Å². The first kappa shape index (κ1) is 18.0. The second-order valence-corrected chi connectivity index (χ2v) is 7.44. The summed E-state index contributed by atoms with van der Waals surface area (Å²) in [5.41, 5.74) is 0.806. The number of carbonyl (C=O) groups excluding carboxylic acids is 1. The van der Waals surface area contributed by atoms with Crippen molar-refractivity contribution in [1.82, 2.24) is 20.1 Å². The van der Waals surface area contributed by atoms with Crippen molar-refractivity contribution in [3.8, 4) is 5.75 Å². The summed E-state index contributed by atoms with van der Waals surface area (Å²) in [4.78, 5) is 16.9. The topological polar surface area (TPSA) is 78.3 Å². The van der Waals surface area contributed by atoms with Gasteiger partial charge in [0.1, 0.15) is 23.0 Å². The zero-order valence-electron chi connectivity index (χ0n) is 15.9. The van der Waals surface area contributed by atoms with Crippen LogP contribution < -0.4 is 10.1 Å². The summed E-state index contributed by atoms with van der Waals surface area (Å²) in [7, 11) is 0. The Labute approximate surface area is 159 Å². The van der Waals surface area contributed by atoms with E-state index in [9.17, 15) is 4.79 Å². The lowest BCUT2D eigenvalue weighted by Crippen LogP contribution is -2.48. The van der Waals surface area contributed by atoms with Crippen LogP contribution in [0.25, 0.3) is 0 Å². The van der Waals surface area contributed by atoms with E-state index >= 15 is 0 Å². The highest BCUT2D eigenvalue weighted by atomic mass is 16.5. The SMILES string of the molecule is Cc1nc(C)n(CCC(=O)NC2CC3(CCOCC3)Oc3ccccc32)n1. The third-order valence-corrected chi connectivity index (χ3v) is 5.45. The molecule has 0 saturated carbocycles. The third-order valence-electron chi connectivity index (χ3n) is 5.45. The maximum atomic E-state index is 12.6. The van der Waals surface area contributed by atoms with Gasteiger partial charge in [0.05, 0.1) is 25.8 Å². The van der Waals surface area contributed by atoms with Gasteiger partial charge in [-0.3, -0.25) is 4.79 Å². The second-order valence-electron chi connectivity index (χ2n) is 7.44. The van der Waals surface area contributed by atoms with Crippen molar-refractivity contribution in [3.05, 3.63) is 41.5 Å². The summed E-state index contributed by atoms with van der Waals surface area (Å²) in [5, 5.41) is 7.55. The van der Waals surface area contributed by atoms with Crippen LogP contribution in [0.3, 0.4) is 0 Å². The Morgan fingerprint density at radius 3 is 2.81 bits per heavy atom. The average molecular weight is 370 g/mol. The Morgan fingerprint density at radius 1 is 1.30 bits per heavy atom. The molecular formula is C20H26N4O3. The van der Waals surface area contributed by atoms with Crippen LogP contribution in [0.15, 0.2) is 24.3 Å². The van der Waals surface area contributed by atoms with Gasteiger partial charge in [0.15, 0.2) is 0 Å². The monoisotopic (exact) mass is 370 g/mol. The lowest BCUT2D eigenvalue weighted by Gasteiger charge is -2.44. The highest BCUT2D eigenvalue weighted by molar-refractivity contribution is 5.76. The highest BCUT2D eigenvalue weighted by Crippen LogP contribution is 2.43. The summed E-state index contributed by atoms with van der Waals surface area (Å²) in [5.74, 6) is 2.45. The van der Waals surface area contributed by atoms with E-state index in [1.165, 1.54) is 0 Å². The van der Waals surface area contributed by atoms with Crippen LogP contribution in [-0.2, 0) is 16.1 Å². The molecule has 1 fully saturated rings. The highest BCUT2D eigenvalue weighted by Gasteiger charge is 2.42. The fourth-order valence-electron chi connectivity index (χ4n) is 4.04. The summed E-state index contributed by atoms with van der Waals surface area (Å²) < 4.78 is 13.7. The molecule has 1 saturated heterocycles. The smallest absolute Gasteiger partial charge is 0.222 e. The van der Waals surface area contributed by atoms with Gasteiger partial charge in [-0.25, -0.2) is 9.67 Å². The van der Waals surface area contributed by atoms with Gasteiger partial charge in [0.25, 0.3) is 0 Å². The van der Waals surface area contributed by atoms with E-state index in [1.54, 1.807) is 4.68 Å². The number of aromatic nitrogens is 3. The van der Waals surface area contributed by atoms with Crippen molar-refractivity contribution < 1.29 is 14.3 Å². The molecule has 1 aromatic carbocycles. The molecule has 7 heteroatoms. The molecule has 1 unspecified atom stereocenters. The minimum absolute atomic E-state index is 0.0199. The molecule has 1 aromatic heterocycles. The van der Waals surface area contributed by atoms with Crippen LogP contribution in [0.1, 0.15) is 48.9 Å². The fourth-order valence-corrected chi connectivity index (χ4v) is 4.04. The molecule has 7 nitrogen and oxygen atoms in total. The first-order valence-electron chi connectivity index (χ1n) is 9.58. The molecule has 2 aliphatic heterocycles. The number of carbonyl (C=O) groups is 1. The van der Waals surface area contributed by atoms with E-state index in [1.807, 2.05) is 38.1 Å². The van der Waals surface area contributed by atoms with Gasteiger partial charge < -0.3 is 14.8 Å². The standard InChI is InChI=1S/C20H26N4O3/c1-14-21-15(2)24(23-14)10-7-19(25)22-17-13-20(8-11-26-12-9-20)27-18-6-4-3-5-16(17)18/h3-6,17H,7-13H2,1-2H3,(H,22,25). The minimum Gasteiger partial charge on any atom is -0.487 e. The number of rotatable bonds is 4. The number of benzene rings is 1. The molecule has 1 N–H and O–H groups in total. The molecule has 0 bridgehead atoms. The van der Waals surface area contributed by atoms with Crippen LogP contribution in [0, 0.1) is 13.8 Å².